The predicted octanol–water partition coefficient (Wildman–Crippen LogP) is 2.43. The summed E-state index contributed by atoms with van der Waals surface area (Å²) < 4.78 is 10.8. The quantitative estimate of drug-likeness (QED) is 0.618. The Kier molecular flexibility index (Phi) is 3.68. The van der Waals surface area contributed by atoms with Crippen molar-refractivity contribution in [1.29, 1.82) is 0 Å². The molecule has 0 atom stereocenters. The molecule has 1 aromatic carbocycles. The van der Waals surface area contributed by atoms with Gasteiger partial charge in [0.25, 0.3) is 0 Å². The number of carbonyl (C=O) groups excluding carboxylic acids is 1. The summed E-state index contributed by atoms with van der Waals surface area (Å²) in [7, 11) is 3.04. The number of hydrogen-bond donors (Lipinski definition) is 0. The summed E-state index contributed by atoms with van der Waals surface area (Å²) in [6.07, 6.45) is 1.46. The van der Waals surface area contributed by atoms with Crippen LogP contribution in [-0.4, -0.2) is 20.3 Å². The predicted molar refractivity (Wildman–Crippen MR) is 55.0 cm³/mol. The number of ether oxygens (including phenoxy) is 2. The second-order valence-corrected chi connectivity index (χ2v) is 3.22. The van der Waals surface area contributed by atoms with E-state index < -0.39 is 0 Å². The number of isocyanates is 1. The van der Waals surface area contributed by atoms with E-state index in [0.29, 0.717) is 21.7 Å². The minimum absolute atomic E-state index is 0.412. The molecule has 0 bridgehead atoms. The van der Waals surface area contributed by atoms with Crippen LogP contribution in [0.15, 0.2) is 21.6 Å². The Morgan fingerprint density at radius 3 is 2.43 bits per heavy atom. The monoisotopic (exact) mass is 257 g/mol. The first kappa shape index (κ1) is 10.8. The molecule has 0 aliphatic carbocycles. The fourth-order valence-electron chi connectivity index (χ4n) is 0.981. The summed E-state index contributed by atoms with van der Waals surface area (Å²) >= 11 is 3.27. The van der Waals surface area contributed by atoms with E-state index in [1.807, 2.05) is 0 Å². The molecule has 0 fully saturated rings. The average Bonchev–Trinajstić information content (AvgIpc) is 2.19. The second kappa shape index (κ2) is 4.79. The molecule has 0 amide bonds. The maximum absolute atomic E-state index is 10.1. The zero-order chi connectivity index (χ0) is 10.6. The van der Waals surface area contributed by atoms with Crippen LogP contribution >= 0.6 is 15.9 Å². The highest BCUT2D eigenvalue weighted by Gasteiger charge is 2.08. The summed E-state index contributed by atoms with van der Waals surface area (Å²) in [5, 5.41) is 0. The van der Waals surface area contributed by atoms with Gasteiger partial charge in [-0.15, -0.1) is 0 Å². The van der Waals surface area contributed by atoms with Gasteiger partial charge in [-0.2, -0.15) is 4.99 Å². The fraction of sp³-hybridized carbons (Fsp3) is 0.222. The first-order valence-corrected chi connectivity index (χ1v) is 4.51. The van der Waals surface area contributed by atoms with Gasteiger partial charge in [0.05, 0.1) is 18.7 Å². The molecule has 4 nitrogen and oxygen atoms in total. The highest BCUT2D eigenvalue weighted by atomic mass is 79.9. The van der Waals surface area contributed by atoms with Crippen LogP contribution in [0.4, 0.5) is 5.69 Å². The Morgan fingerprint density at radius 2 is 1.93 bits per heavy atom. The number of nitrogens with zero attached hydrogens (tertiary/aromatic N) is 1. The molecule has 1 rings (SSSR count). The van der Waals surface area contributed by atoms with E-state index in [1.54, 1.807) is 19.2 Å². The minimum Gasteiger partial charge on any atom is -0.495 e. The molecular weight excluding hydrogens is 250 g/mol. The second-order valence-electron chi connectivity index (χ2n) is 2.36. The number of rotatable bonds is 3. The maximum atomic E-state index is 10.1. The summed E-state index contributed by atoms with van der Waals surface area (Å²) in [5.41, 5.74) is 0.412. The minimum atomic E-state index is 0.412. The molecule has 0 aliphatic heterocycles. The third-order valence-corrected chi connectivity index (χ3v) is 2.24. The van der Waals surface area contributed by atoms with Crippen LogP contribution in [0.5, 0.6) is 11.5 Å². The molecule has 5 heteroatoms. The largest absolute Gasteiger partial charge is 0.495 e. The zero-order valence-corrected chi connectivity index (χ0v) is 9.29. The lowest BCUT2D eigenvalue weighted by Gasteiger charge is -2.07. The van der Waals surface area contributed by atoms with Gasteiger partial charge in [0.15, 0.2) is 0 Å². The van der Waals surface area contributed by atoms with Crippen molar-refractivity contribution in [2.24, 2.45) is 4.99 Å². The lowest BCUT2D eigenvalue weighted by molar-refractivity contribution is 0.393. The number of aliphatic imine (C=N–C) groups is 1. The van der Waals surface area contributed by atoms with Gasteiger partial charge in [-0.3, -0.25) is 0 Å². The molecule has 0 unspecified atom stereocenters. The molecule has 0 spiro atoms. The normalized spacial score (nSPS) is 9.07. The van der Waals surface area contributed by atoms with Gasteiger partial charge in [0.1, 0.15) is 17.2 Å². The molecule has 74 valence electrons. The third-order valence-electron chi connectivity index (χ3n) is 1.62. The summed E-state index contributed by atoms with van der Waals surface area (Å²) in [6.45, 7) is 0. The number of benzene rings is 1. The van der Waals surface area contributed by atoms with Gasteiger partial charge in [-0.25, -0.2) is 4.79 Å². The van der Waals surface area contributed by atoms with E-state index in [0.717, 1.165) is 0 Å². The van der Waals surface area contributed by atoms with Crippen LogP contribution in [0.25, 0.3) is 0 Å². The maximum Gasteiger partial charge on any atom is 0.240 e. The molecule has 0 aromatic heterocycles. The van der Waals surface area contributed by atoms with E-state index >= 15 is 0 Å². The van der Waals surface area contributed by atoms with E-state index in [1.165, 1.54) is 13.2 Å². The van der Waals surface area contributed by atoms with E-state index in [4.69, 9.17) is 9.47 Å². The lowest BCUT2D eigenvalue weighted by Crippen LogP contribution is -1.88. The van der Waals surface area contributed by atoms with Crippen molar-refractivity contribution in [3.8, 4) is 11.5 Å². The standard InChI is InChI=1S/C9H8BrNO3/c1-13-8-4-9(14-2)7(11-5-12)3-6(8)10/h3-4H,1-2H3. The van der Waals surface area contributed by atoms with Crippen LogP contribution in [0.1, 0.15) is 0 Å². The smallest absolute Gasteiger partial charge is 0.240 e. The van der Waals surface area contributed by atoms with Crippen molar-refractivity contribution in [2.45, 2.75) is 0 Å². The van der Waals surface area contributed by atoms with Crippen molar-refractivity contribution in [3.63, 3.8) is 0 Å². The topological polar surface area (TPSA) is 47.9 Å². The number of methoxy groups -OCH3 is 2. The molecule has 0 N–H and O–H groups in total. The van der Waals surface area contributed by atoms with E-state index in [9.17, 15) is 4.79 Å². The Labute approximate surface area is 89.7 Å². The first-order chi connectivity index (χ1) is 6.72. The van der Waals surface area contributed by atoms with Crippen LogP contribution in [0, 0.1) is 0 Å². The van der Waals surface area contributed by atoms with Gasteiger partial charge in [0, 0.05) is 6.07 Å². The van der Waals surface area contributed by atoms with Gasteiger partial charge >= 0.3 is 0 Å². The Bertz CT molecular complexity index is 386. The molecular formula is C9H8BrNO3. The molecule has 1 aromatic rings. The zero-order valence-electron chi connectivity index (χ0n) is 7.70. The van der Waals surface area contributed by atoms with Crippen molar-refractivity contribution >= 4 is 27.7 Å². The molecule has 0 aliphatic rings. The summed E-state index contributed by atoms with van der Waals surface area (Å²) in [6, 6.07) is 3.27. The van der Waals surface area contributed by atoms with Crippen LogP contribution in [0.3, 0.4) is 0 Å². The van der Waals surface area contributed by atoms with Crippen molar-refractivity contribution in [2.75, 3.05) is 14.2 Å². The van der Waals surface area contributed by atoms with E-state index in [-0.39, 0.29) is 0 Å². The number of halogens is 1. The SMILES string of the molecule is COc1cc(OC)c(N=C=O)cc1Br. The van der Waals surface area contributed by atoms with Crippen LogP contribution < -0.4 is 9.47 Å². The Hall–Kier alpha value is -1.32. The van der Waals surface area contributed by atoms with Gasteiger partial charge in [-0.1, -0.05) is 0 Å². The average molecular weight is 258 g/mol. The van der Waals surface area contributed by atoms with Crippen molar-refractivity contribution < 1.29 is 14.3 Å². The first-order valence-electron chi connectivity index (χ1n) is 3.72. The molecule has 0 radical (unpaired) electrons. The summed E-state index contributed by atoms with van der Waals surface area (Å²) in [4.78, 5) is 13.6. The third kappa shape index (κ3) is 2.13. The molecule has 14 heavy (non-hydrogen) atoms. The van der Waals surface area contributed by atoms with Crippen molar-refractivity contribution in [3.05, 3.63) is 16.6 Å². The van der Waals surface area contributed by atoms with Gasteiger partial charge < -0.3 is 9.47 Å². The highest BCUT2D eigenvalue weighted by Crippen LogP contribution is 2.37. The fourth-order valence-corrected chi connectivity index (χ4v) is 1.47. The molecule has 0 heterocycles. The highest BCUT2D eigenvalue weighted by molar-refractivity contribution is 9.10. The van der Waals surface area contributed by atoms with E-state index in [2.05, 4.69) is 20.9 Å². The van der Waals surface area contributed by atoms with Crippen molar-refractivity contribution in [1.82, 2.24) is 0 Å². The number of hydrogen-bond acceptors (Lipinski definition) is 4. The van der Waals surface area contributed by atoms with Crippen LogP contribution in [-0.2, 0) is 4.79 Å². The Morgan fingerprint density at radius 1 is 1.29 bits per heavy atom. The van der Waals surface area contributed by atoms with Gasteiger partial charge in [-0.05, 0) is 22.0 Å². The molecule has 0 saturated carbocycles. The Balaban J connectivity index is 3.30. The molecule has 0 saturated heterocycles. The van der Waals surface area contributed by atoms with Crippen LogP contribution in [0.2, 0.25) is 0 Å². The lowest BCUT2D eigenvalue weighted by atomic mass is 10.3. The van der Waals surface area contributed by atoms with Gasteiger partial charge in [0.2, 0.25) is 6.08 Å². The summed E-state index contributed by atoms with van der Waals surface area (Å²) in [5.74, 6) is 1.08.